The molecule has 0 fully saturated rings. The summed E-state index contributed by atoms with van der Waals surface area (Å²) in [5.74, 6) is -1.29. The van der Waals surface area contributed by atoms with Gasteiger partial charge in [0.25, 0.3) is 0 Å². The summed E-state index contributed by atoms with van der Waals surface area (Å²) < 4.78 is 0. The number of rotatable bonds is 1. The number of aliphatic hydroxyl groups is 2. The third kappa shape index (κ3) is 4.74. The van der Waals surface area contributed by atoms with Gasteiger partial charge in [-0.05, 0) is 0 Å². The zero-order valence-electron chi connectivity index (χ0n) is 3.24. The van der Waals surface area contributed by atoms with Gasteiger partial charge in [-0.1, -0.05) is 0 Å². The molecule has 0 amide bonds. The zero-order chi connectivity index (χ0) is 5.86. The molecule has 5 heteroatoms. The van der Waals surface area contributed by atoms with Crippen molar-refractivity contribution in [1.82, 2.24) is 0 Å². The molecule has 0 saturated carbocycles. The lowest BCUT2D eigenvalue weighted by Gasteiger charge is -1.77. The lowest BCUT2D eigenvalue weighted by atomic mass is 10.9. The summed E-state index contributed by atoms with van der Waals surface area (Å²) in [5, 5.41) is 24.6. The Morgan fingerprint density at radius 3 is 2.14 bits per heavy atom. The SMILES string of the molecule is O=[N+]([O-])C=C(O)O. The van der Waals surface area contributed by atoms with Crippen LogP contribution in [0.1, 0.15) is 0 Å². The van der Waals surface area contributed by atoms with Gasteiger partial charge in [-0.2, -0.15) is 0 Å². The minimum atomic E-state index is -1.29. The van der Waals surface area contributed by atoms with Crippen LogP contribution >= 0.6 is 0 Å². The molecule has 0 heterocycles. The third-order valence-electron chi connectivity index (χ3n) is 0.221. The Hall–Kier alpha value is -1.26. The molecule has 0 aliphatic carbocycles. The van der Waals surface area contributed by atoms with Crippen LogP contribution in [-0.2, 0) is 0 Å². The van der Waals surface area contributed by atoms with Crippen molar-refractivity contribution in [1.29, 1.82) is 0 Å². The molecule has 0 unspecified atom stereocenters. The van der Waals surface area contributed by atoms with E-state index in [0.717, 1.165) is 0 Å². The normalized spacial score (nSPS) is 7.43. The predicted molar refractivity (Wildman–Crippen MR) is 20.3 cm³/mol. The van der Waals surface area contributed by atoms with Crippen molar-refractivity contribution in [2.24, 2.45) is 0 Å². The van der Waals surface area contributed by atoms with Gasteiger partial charge >= 0.3 is 12.1 Å². The molecule has 40 valence electrons. The van der Waals surface area contributed by atoms with E-state index in [1.807, 2.05) is 0 Å². The van der Waals surface area contributed by atoms with Gasteiger partial charge in [-0.25, -0.2) is 0 Å². The smallest absolute Gasteiger partial charge is 0.347 e. The van der Waals surface area contributed by atoms with Gasteiger partial charge in [0.1, 0.15) is 0 Å². The molecule has 0 spiro atoms. The molecular formula is C2H3NO4. The van der Waals surface area contributed by atoms with Gasteiger partial charge in [-0.15, -0.1) is 0 Å². The maximum atomic E-state index is 9.22. The van der Waals surface area contributed by atoms with E-state index in [4.69, 9.17) is 10.2 Å². The second-order valence-corrected chi connectivity index (χ2v) is 0.773. The van der Waals surface area contributed by atoms with Crippen LogP contribution in [0.3, 0.4) is 0 Å². The number of aliphatic hydroxyl groups excluding tert-OH is 1. The fourth-order valence-electron chi connectivity index (χ4n) is 0.0943. The summed E-state index contributed by atoms with van der Waals surface area (Å²) >= 11 is 0. The van der Waals surface area contributed by atoms with Crippen molar-refractivity contribution in [2.45, 2.75) is 0 Å². The highest BCUT2D eigenvalue weighted by molar-refractivity contribution is 4.65. The largest absolute Gasteiger partial charge is 0.477 e. The summed E-state index contributed by atoms with van der Waals surface area (Å²) in [7, 11) is 0. The van der Waals surface area contributed by atoms with Gasteiger partial charge in [0.2, 0.25) is 0 Å². The number of nitro groups is 1. The Balaban J connectivity index is 3.68. The summed E-state index contributed by atoms with van der Waals surface area (Å²) in [6.07, 6.45) is 0.0833. The van der Waals surface area contributed by atoms with E-state index >= 15 is 0 Å². The Morgan fingerprint density at radius 2 is 2.14 bits per heavy atom. The summed E-state index contributed by atoms with van der Waals surface area (Å²) in [5.41, 5.74) is 0. The van der Waals surface area contributed by atoms with E-state index in [9.17, 15) is 10.1 Å². The molecule has 7 heavy (non-hydrogen) atoms. The zero-order valence-corrected chi connectivity index (χ0v) is 3.24. The second kappa shape index (κ2) is 2.01. The minimum Gasteiger partial charge on any atom is -0.477 e. The molecule has 0 aromatic heterocycles. The van der Waals surface area contributed by atoms with Crippen LogP contribution in [0.25, 0.3) is 0 Å². The Labute approximate surface area is 38.7 Å². The molecule has 0 aromatic rings. The van der Waals surface area contributed by atoms with E-state index < -0.39 is 10.9 Å². The fourth-order valence-corrected chi connectivity index (χ4v) is 0.0943. The average molecular weight is 105 g/mol. The van der Waals surface area contributed by atoms with E-state index in [0.29, 0.717) is 0 Å². The average Bonchev–Trinajstić information content (AvgIpc) is 1.27. The predicted octanol–water partition coefficient (Wildman–Crippen LogP) is 0.178. The minimum absolute atomic E-state index is 0.0833. The number of hydrogen-bond donors (Lipinski definition) is 2. The third-order valence-corrected chi connectivity index (χ3v) is 0.221. The lowest BCUT2D eigenvalue weighted by molar-refractivity contribution is -0.407. The topological polar surface area (TPSA) is 83.6 Å². The summed E-state index contributed by atoms with van der Waals surface area (Å²) in [4.78, 5) is 8.26. The van der Waals surface area contributed by atoms with E-state index in [2.05, 4.69) is 0 Å². The van der Waals surface area contributed by atoms with Crippen LogP contribution in [0.15, 0.2) is 12.1 Å². The lowest BCUT2D eigenvalue weighted by Crippen LogP contribution is -1.86. The Bertz CT molecular complexity index is 102. The van der Waals surface area contributed by atoms with Crippen LogP contribution in [0.5, 0.6) is 0 Å². The monoisotopic (exact) mass is 105 g/mol. The van der Waals surface area contributed by atoms with Crippen molar-refractivity contribution in [3.8, 4) is 0 Å². The molecule has 0 aromatic carbocycles. The first-order chi connectivity index (χ1) is 3.13. The molecule has 0 radical (unpaired) electrons. The van der Waals surface area contributed by atoms with Crippen LogP contribution in [0.2, 0.25) is 0 Å². The van der Waals surface area contributed by atoms with Crippen LogP contribution in [0.4, 0.5) is 0 Å². The highest BCUT2D eigenvalue weighted by Crippen LogP contribution is 1.76. The molecule has 0 atom stereocenters. The van der Waals surface area contributed by atoms with E-state index in [-0.39, 0.29) is 6.20 Å². The number of hydrogen-bond acceptors (Lipinski definition) is 4. The van der Waals surface area contributed by atoms with Crippen LogP contribution < -0.4 is 0 Å². The summed E-state index contributed by atoms with van der Waals surface area (Å²) in [6, 6.07) is 0. The molecule has 5 nitrogen and oxygen atoms in total. The van der Waals surface area contributed by atoms with E-state index in [1.165, 1.54) is 0 Å². The van der Waals surface area contributed by atoms with Gasteiger partial charge in [0, 0.05) is 0 Å². The van der Waals surface area contributed by atoms with Crippen molar-refractivity contribution in [2.75, 3.05) is 0 Å². The summed E-state index contributed by atoms with van der Waals surface area (Å²) in [6.45, 7) is 0. The van der Waals surface area contributed by atoms with Crippen LogP contribution in [-0.4, -0.2) is 15.1 Å². The maximum Gasteiger partial charge on any atom is 0.347 e. The molecule has 0 aliphatic heterocycles. The van der Waals surface area contributed by atoms with Gasteiger partial charge in [0.05, 0.1) is 4.92 Å². The maximum absolute atomic E-state index is 9.22. The van der Waals surface area contributed by atoms with E-state index in [1.54, 1.807) is 0 Å². The standard InChI is InChI=1S/C2H3NO4/c4-2(5)1-3(6)7/h1,4-5H. The molecule has 0 rings (SSSR count). The van der Waals surface area contributed by atoms with Gasteiger partial charge in [-0.3, -0.25) is 10.1 Å². The Kier molecular flexibility index (Phi) is 1.65. The first-order valence-electron chi connectivity index (χ1n) is 1.36. The molecule has 2 N–H and O–H groups in total. The van der Waals surface area contributed by atoms with Crippen LogP contribution in [0, 0.1) is 10.1 Å². The second-order valence-electron chi connectivity index (χ2n) is 0.773. The van der Waals surface area contributed by atoms with Crippen molar-refractivity contribution in [3.05, 3.63) is 22.3 Å². The number of nitrogens with zero attached hydrogens (tertiary/aromatic N) is 1. The molecule has 0 bridgehead atoms. The quantitative estimate of drug-likeness (QED) is 0.283. The first kappa shape index (κ1) is 5.74. The molecule has 0 aliphatic rings. The van der Waals surface area contributed by atoms with Crippen molar-refractivity contribution >= 4 is 0 Å². The fraction of sp³-hybridized carbons (Fsp3) is 0. The van der Waals surface area contributed by atoms with Gasteiger partial charge in [0.15, 0.2) is 0 Å². The highest BCUT2D eigenvalue weighted by Gasteiger charge is 1.90. The highest BCUT2D eigenvalue weighted by atomic mass is 16.6. The van der Waals surface area contributed by atoms with Gasteiger partial charge < -0.3 is 10.2 Å². The van der Waals surface area contributed by atoms with Crippen molar-refractivity contribution < 1.29 is 15.1 Å². The first-order valence-corrected chi connectivity index (χ1v) is 1.36. The Morgan fingerprint density at radius 1 is 1.71 bits per heavy atom. The molecular weight excluding hydrogens is 102 g/mol. The molecule has 0 saturated heterocycles. The van der Waals surface area contributed by atoms with Crippen molar-refractivity contribution in [3.63, 3.8) is 0 Å².